The van der Waals surface area contributed by atoms with Crippen LogP contribution >= 0.6 is 0 Å². The molecule has 17 heavy (non-hydrogen) atoms. The molecule has 0 fully saturated rings. The summed E-state index contributed by atoms with van der Waals surface area (Å²) in [7, 11) is 0. The molecule has 2 aromatic carbocycles. The van der Waals surface area contributed by atoms with Crippen LogP contribution < -0.4 is 0 Å². The maximum absolute atomic E-state index is 11.0. The third-order valence-corrected chi connectivity index (χ3v) is 2.24. The van der Waals surface area contributed by atoms with Crippen molar-refractivity contribution in [3.63, 3.8) is 0 Å². The van der Waals surface area contributed by atoms with Gasteiger partial charge >= 0.3 is 5.97 Å². The van der Waals surface area contributed by atoms with Gasteiger partial charge in [-0.05, 0) is 17.2 Å². The first-order chi connectivity index (χ1) is 7.29. The minimum absolute atomic E-state index is 0. The fourth-order valence-electron chi connectivity index (χ4n) is 1.54. The molecule has 0 aliphatic rings. The van der Waals surface area contributed by atoms with Crippen LogP contribution in [0.1, 0.15) is 10.4 Å². The number of rotatable bonds is 2. The molecule has 0 aliphatic carbocycles. The Bertz CT molecular complexity index is 480. The highest BCUT2D eigenvalue weighted by Gasteiger charge is 2.09. The van der Waals surface area contributed by atoms with E-state index in [9.17, 15) is 4.79 Å². The molecule has 0 amide bonds. The largest absolute Gasteiger partial charge is 0.478 e. The Morgan fingerprint density at radius 2 is 1.35 bits per heavy atom. The molecular weight excluding hydrogens is 220 g/mol. The lowest BCUT2D eigenvalue weighted by atomic mass is 10.00. The van der Waals surface area contributed by atoms with Crippen molar-refractivity contribution in [1.29, 1.82) is 0 Å². The molecular formula is C13H14O4. The second kappa shape index (κ2) is 6.42. The van der Waals surface area contributed by atoms with Gasteiger partial charge in [-0.15, -0.1) is 0 Å². The fourth-order valence-corrected chi connectivity index (χ4v) is 1.54. The lowest BCUT2D eigenvalue weighted by Gasteiger charge is -2.05. The number of aromatic carboxylic acids is 1. The van der Waals surface area contributed by atoms with Crippen LogP contribution in [-0.2, 0) is 0 Å². The maximum atomic E-state index is 11.0. The number of hydrogen-bond acceptors (Lipinski definition) is 1. The van der Waals surface area contributed by atoms with Gasteiger partial charge in [-0.2, -0.15) is 0 Å². The van der Waals surface area contributed by atoms with Gasteiger partial charge in [0.15, 0.2) is 0 Å². The van der Waals surface area contributed by atoms with Crippen LogP contribution in [0.5, 0.6) is 0 Å². The zero-order valence-corrected chi connectivity index (χ0v) is 9.05. The fraction of sp³-hybridized carbons (Fsp3) is 0. The Balaban J connectivity index is 0.00000128. The SMILES string of the molecule is O.O.O=C(O)c1ccccc1-c1ccccc1. The molecule has 0 radical (unpaired) electrons. The number of hydrogen-bond donors (Lipinski definition) is 1. The monoisotopic (exact) mass is 234 g/mol. The first-order valence-corrected chi connectivity index (χ1v) is 4.67. The molecule has 0 bridgehead atoms. The molecule has 0 aliphatic heterocycles. The summed E-state index contributed by atoms with van der Waals surface area (Å²) in [5.74, 6) is -0.894. The molecule has 0 heterocycles. The summed E-state index contributed by atoms with van der Waals surface area (Å²) in [6, 6.07) is 16.5. The van der Waals surface area contributed by atoms with E-state index in [1.807, 2.05) is 42.5 Å². The van der Waals surface area contributed by atoms with Gasteiger partial charge in [0.25, 0.3) is 0 Å². The zero-order chi connectivity index (χ0) is 10.7. The molecule has 0 atom stereocenters. The number of carboxylic acid groups (broad SMARTS) is 1. The van der Waals surface area contributed by atoms with E-state index in [2.05, 4.69) is 0 Å². The summed E-state index contributed by atoms with van der Waals surface area (Å²) in [5.41, 5.74) is 2.02. The Hall–Kier alpha value is -2.17. The second-order valence-electron chi connectivity index (χ2n) is 3.22. The minimum atomic E-state index is -0.894. The quantitative estimate of drug-likeness (QED) is 0.849. The molecule has 0 unspecified atom stereocenters. The highest BCUT2D eigenvalue weighted by molar-refractivity contribution is 5.95. The Morgan fingerprint density at radius 1 is 0.824 bits per heavy atom. The lowest BCUT2D eigenvalue weighted by Crippen LogP contribution is -1.98. The van der Waals surface area contributed by atoms with E-state index in [-0.39, 0.29) is 11.0 Å². The van der Waals surface area contributed by atoms with Gasteiger partial charge < -0.3 is 16.1 Å². The highest BCUT2D eigenvalue weighted by atomic mass is 16.4. The van der Waals surface area contributed by atoms with Crippen LogP contribution in [0.4, 0.5) is 0 Å². The molecule has 0 saturated heterocycles. The minimum Gasteiger partial charge on any atom is -0.478 e. The highest BCUT2D eigenvalue weighted by Crippen LogP contribution is 2.22. The van der Waals surface area contributed by atoms with Crippen molar-refractivity contribution in [1.82, 2.24) is 0 Å². The Kier molecular flexibility index (Phi) is 5.60. The zero-order valence-electron chi connectivity index (χ0n) is 9.05. The first-order valence-electron chi connectivity index (χ1n) is 4.67. The van der Waals surface area contributed by atoms with Crippen LogP contribution in [0.15, 0.2) is 54.6 Å². The van der Waals surface area contributed by atoms with E-state index < -0.39 is 5.97 Å². The molecule has 90 valence electrons. The first kappa shape index (κ1) is 14.8. The van der Waals surface area contributed by atoms with Crippen molar-refractivity contribution < 1.29 is 20.9 Å². The molecule has 2 rings (SSSR count). The van der Waals surface area contributed by atoms with E-state index in [4.69, 9.17) is 5.11 Å². The third-order valence-electron chi connectivity index (χ3n) is 2.24. The van der Waals surface area contributed by atoms with Gasteiger partial charge in [-0.1, -0.05) is 48.5 Å². The van der Waals surface area contributed by atoms with Crippen molar-refractivity contribution in [3.8, 4) is 11.1 Å². The predicted molar refractivity (Wildman–Crippen MR) is 66.1 cm³/mol. The van der Waals surface area contributed by atoms with Gasteiger partial charge in [0.1, 0.15) is 0 Å². The third kappa shape index (κ3) is 3.14. The van der Waals surface area contributed by atoms with Gasteiger partial charge in [0.2, 0.25) is 0 Å². The number of carbonyl (C=O) groups is 1. The maximum Gasteiger partial charge on any atom is 0.336 e. The molecule has 0 saturated carbocycles. The van der Waals surface area contributed by atoms with Gasteiger partial charge in [-0.3, -0.25) is 0 Å². The van der Waals surface area contributed by atoms with Crippen LogP contribution in [0.2, 0.25) is 0 Å². The van der Waals surface area contributed by atoms with Crippen LogP contribution in [0.3, 0.4) is 0 Å². The lowest BCUT2D eigenvalue weighted by molar-refractivity contribution is 0.0697. The van der Waals surface area contributed by atoms with E-state index in [0.29, 0.717) is 5.56 Å². The summed E-state index contributed by atoms with van der Waals surface area (Å²) in [6.45, 7) is 0. The van der Waals surface area contributed by atoms with Crippen molar-refractivity contribution in [2.45, 2.75) is 0 Å². The van der Waals surface area contributed by atoms with Crippen molar-refractivity contribution in [2.24, 2.45) is 0 Å². The molecule has 2 aromatic rings. The summed E-state index contributed by atoms with van der Waals surface area (Å²) in [4.78, 5) is 11.0. The summed E-state index contributed by atoms with van der Waals surface area (Å²) >= 11 is 0. The number of carboxylic acids is 1. The van der Waals surface area contributed by atoms with E-state index in [1.165, 1.54) is 0 Å². The van der Waals surface area contributed by atoms with Crippen molar-refractivity contribution >= 4 is 5.97 Å². The summed E-state index contributed by atoms with van der Waals surface area (Å²) < 4.78 is 0. The molecule has 0 aromatic heterocycles. The Labute approximate surface area is 98.8 Å². The Morgan fingerprint density at radius 3 is 1.94 bits per heavy atom. The van der Waals surface area contributed by atoms with E-state index in [0.717, 1.165) is 11.1 Å². The topological polar surface area (TPSA) is 100 Å². The smallest absolute Gasteiger partial charge is 0.336 e. The van der Waals surface area contributed by atoms with E-state index >= 15 is 0 Å². The molecule has 4 heteroatoms. The molecule has 4 nitrogen and oxygen atoms in total. The van der Waals surface area contributed by atoms with Crippen molar-refractivity contribution in [3.05, 3.63) is 60.2 Å². The predicted octanol–water partition coefficient (Wildman–Crippen LogP) is 1.40. The average Bonchev–Trinajstić information content (AvgIpc) is 2.30. The van der Waals surface area contributed by atoms with Crippen LogP contribution in [-0.4, -0.2) is 22.0 Å². The van der Waals surface area contributed by atoms with E-state index in [1.54, 1.807) is 12.1 Å². The molecule has 0 spiro atoms. The van der Waals surface area contributed by atoms with Crippen LogP contribution in [0.25, 0.3) is 11.1 Å². The van der Waals surface area contributed by atoms with Crippen LogP contribution in [0, 0.1) is 0 Å². The summed E-state index contributed by atoms with van der Waals surface area (Å²) in [6.07, 6.45) is 0. The average molecular weight is 234 g/mol. The van der Waals surface area contributed by atoms with Gasteiger partial charge in [0, 0.05) is 0 Å². The molecule has 5 N–H and O–H groups in total. The standard InChI is InChI=1S/C13H10O2.2H2O/c14-13(15)12-9-5-4-8-11(12)10-6-2-1-3-7-10;;/h1-9H,(H,14,15);2*1H2. The summed E-state index contributed by atoms with van der Waals surface area (Å²) in [5, 5.41) is 9.03. The van der Waals surface area contributed by atoms with Crippen molar-refractivity contribution in [2.75, 3.05) is 0 Å². The normalized spacial score (nSPS) is 8.71. The van der Waals surface area contributed by atoms with Gasteiger partial charge in [-0.25, -0.2) is 4.79 Å². The van der Waals surface area contributed by atoms with Gasteiger partial charge in [0.05, 0.1) is 5.56 Å². The number of benzene rings is 2. The second-order valence-corrected chi connectivity index (χ2v) is 3.22.